The fourth-order valence-corrected chi connectivity index (χ4v) is 6.35. The van der Waals surface area contributed by atoms with Crippen molar-refractivity contribution >= 4 is 47.4 Å². The Morgan fingerprint density at radius 2 is 1.76 bits per heavy atom. The van der Waals surface area contributed by atoms with Gasteiger partial charge in [0.05, 0.1) is 0 Å². The Hall–Kier alpha value is -3.81. The summed E-state index contributed by atoms with van der Waals surface area (Å²) in [7, 11) is 0. The Kier molecular flexibility index (Phi) is 6.79. The summed E-state index contributed by atoms with van der Waals surface area (Å²) in [6.45, 7) is 5.51. The lowest BCUT2D eigenvalue weighted by molar-refractivity contribution is -0.161. The van der Waals surface area contributed by atoms with Crippen LogP contribution in [0.25, 0.3) is 0 Å². The van der Waals surface area contributed by atoms with Gasteiger partial charge in [0.1, 0.15) is 29.2 Å². The third kappa shape index (κ3) is 4.56. The van der Waals surface area contributed by atoms with Gasteiger partial charge >= 0.3 is 23.8 Å². The minimum atomic E-state index is -1.38. The van der Waals surface area contributed by atoms with E-state index in [4.69, 9.17) is 0 Å². The molecule has 4 atom stereocenters. The van der Waals surface area contributed by atoms with E-state index >= 15 is 0 Å². The van der Waals surface area contributed by atoms with Gasteiger partial charge in [0.2, 0.25) is 11.8 Å². The van der Waals surface area contributed by atoms with Gasteiger partial charge in [-0.1, -0.05) is 12.1 Å². The molecule has 0 spiro atoms. The molecule has 4 rings (SSSR count). The number of aliphatic carboxylic acids is 1. The number of hydrogen-bond acceptors (Lipinski definition) is 8. The van der Waals surface area contributed by atoms with Crippen LogP contribution in [0.4, 0.5) is 4.79 Å². The molecule has 3 heterocycles. The fraction of sp³-hybridized carbons (Fsp3) is 0.478. The van der Waals surface area contributed by atoms with Crippen LogP contribution in [0, 0.1) is 0 Å². The number of carbonyl (C=O) groups is 6. The van der Waals surface area contributed by atoms with Crippen LogP contribution in [-0.4, -0.2) is 102 Å². The number of imide groups is 1. The summed E-state index contributed by atoms with van der Waals surface area (Å²) in [4.78, 5) is 78.8. The molecular weight excluding hydrogens is 506 g/mol. The Morgan fingerprint density at radius 1 is 1.11 bits per heavy atom. The van der Waals surface area contributed by atoms with Crippen molar-refractivity contribution in [2.24, 2.45) is 0 Å². The third-order valence-corrected chi connectivity index (χ3v) is 8.24. The maximum Gasteiger partial charge on any atom is 0.327 e. The zero-order chi connectivity index (χ0) is 27.2. The highest BCUT2D eigenvalue weighted by Gasteiger charge is 2.64. The van der Waals surface area contributed by atoms with E-state index in [0.717, 1.165) is 4.90 Å². The molecule has 0 bridgehead atoms. The van der Waals surface area contributed by atoms with Gasteiger partial charge < -0.3 is 30.6 Å². The van der Waals surface area contributed by atoms with Gasteiger partial charge in [0.15, 0.2) is 0 Å². The van der Waals surface area contributed by atoms with Crippen LogP contribution in [0.2, 0.25) is 0 Å². The number of phenolic OH excluding ortho intramolecular Hbond substituents is 1. The minimum Gasteiger partial charge on any atom is -0.508 e. The molecular formula is C23H27N5O8S. The number of nitrogens with one attached hydrogen (secondary N) is 2. The highest BCUT2D eigenvalue weighted by molar-refractivity contribution is 8.01. The molecule has 3 saturated heterocycles. The van der Waals surface area contributed by atoms with E-state index in [1.54, 1.807) is 20.8 Å². The predicted octanol–water partition coefficient (Wildman–Crippen LogP) is -0.535. The number of nitrogens with zero attached hydrogens (tertiary/aromatic N) is 3. The van der Waals surface area contributed by atoms with Gasteiger partial charge in [-0.15, -0.1) is 11.8 Å². The monoisotopic (exact) mass is 533 g/mol. The summed E-state index contributed by atoms with van der Waals surface area (Å²) >= 11 is 1.25. The van der Waals surface area contributed by atoms with Crippen molar-refractivity contribution < 1.29 is 39.0 Å². The number of carbonyl (C=O) groups excluding carboxylic acids is 5. The van der Waals surface area contributed by atoms with E-state index in [0.29, 0.717) is 6.54 Å². The molecule has 3 fully saturated rings. The van der Waals surface area contributed by atoms with Crippen molar-refractivity contribution in [1.29, 1.82) is 0 Å². The van der Waals surface area contributed by atoms with Crippen molar-refractivity contribution in [2.45, 2.75) is 49.0 Å². The summed E-state index contributed by atoms with van der Waals surface area (Å²) in [5.74, 6) is -4.42. The van der Waals surface area contributed by atoms with Crippen molar-refractivity contribution in [3.05, 3.63) is 29.8 Å². The molecule has 198 valence electrons. The lowest BCUT2D eigenvalue weighted by Crippen LogP contribution is -2.71. The Balaban J connectivity index is 1.53. The summed E-state index contributed by atoms with van der Waals surface area (Å²) in [5, 5.41) is 23.7. The molecule has 0 saturated carbocycles. The number of urea groups is 1. The average Bonchev–Trinajstić information content (AvgIpc) is 3.10. The number of hydrogen-bond donors (Lipinski definition) is 4. The lowest BCUT2D eigenvalue weighted by atomic mass is 9.95. The topological polar surface area (TPSA) is 177 Å². The lowest BCUT2D eigenvalue weighted by Gasteiger charge is -2.44. The molecule has 6 amide bonds. The van der Waals surface area contributed by atoms with E-state index in [-0.39, 0.29) is 24.4 Å². The van der Waals surface area contributed by atoms with E-state index < -0.39 is 63.9 Å². The second-order valence-electron chi connectivity index (χ2n) is 9.40. The van der Waals surface area contributed by atoms with Crippen LogP contribution >= 0.6 is 11.8 Å². The molecule has 1 aromatic carbocycles. The molecule has 3 aliphatic rings. The molecule has 13 nitrogen and oxygen atoms in total. The van der Waals surface area contributed by atoms with Crippen molar-refractivity contribution in [2.75, 3.05) is 19.6 Å². The second-order valence-corrected chi connectivity index (χ2v) is 11.2. The summed E-state index contributed by atoms with van der Waals surface area (Å²) in [6, 6.07) is 0.979. The first-order valence-corrected chi connectivity index (χ1v) is 12.5. The fourth-order valence-electron chi connectivity index (χ4n) is 4.72. The van der Waals surface area contributed by atoms with E-state index in [1.165, 1.54) is 45.8 Å². The summed E-state index contributed by atoms with van der Waals surface area (Å²) < 4.78 is -0.788. The van der Waals surface area contributed by atoms with Crippen molar-refractivity contribution in [3.8, 4) is 5.75 Å². The third-order valence-electron chi connectivity index (χ3n) is 6.66. The molecule has 3 aliphatic heterocycles. The van der Waals surface area contributed by atoms with Gasteiger partial charge in [0.25, 0.3) is 0 Å². The van der Waals surface area contributed by atoms with Crippen LogP contribution in [0.15, 0.2) is 24.3 Å². The number of amides is 6. The van der Waals surface area contributed by atoms with Gasteiger partial charge in [0, 0.05) is 24.4 Å². The standard InChI is InChI=1S/C23H27N5O8S/c1-4-26-9-10-27(19(33)18(26)32)22(36)25-13(11-5-7-12(29)8-6-11)16(30)24-14-17(31)28-15(21(34)35)23(2,3)37-20(14)28/h5-8,13-15,20,29H,4,9-10H2,1-3H3,(H,24,30)(H,25,36)(H,34,35)/t13?,14-,15+,20-/m1/s1. The smallest absolute Gasteiger partial charge is 0.327 e. The highest BCUT2D eigenvalue weighted by Crippen LogP contribution is 2.50. The van der Waals surface area contributed by atoms with Crippen molar-refractivity contribution in [3.63, 3.8) is 0 Å². The molecule has 0 radical (unpaired) electrons. The number of carboxylic acids is 1. The molecule has 0 aliphatic carbocycles. The number of phenols is 1. The minimum absolute atomic E-state index is 0.0609. The number of carboxylic acid groups (broad SMARTS) is 1. The van der Waals surface area contributed by atoms with Crippen LogP contribution in [-0.2, 0) is 24.0 Å². The van der Waals surface area contributed by atoms with Crippen LogP contribution in [0.3, 0.4) is 0 Å². The molecule has 1 aromatic rings. The number of β-lactam (4-membered cyclic amide) rings is 1. The second kappa shape index (κ2) is 9.57. The quantitative estimate of drug-likeness (QED) is 0.276. The molecule has 4 N–H and O–H groups in total. The molecule has 1 unspecified atom stereocenters. The average molecular weight is 534 g/mol. The zero-order valence-electron chi connectivity index (χ0n) is 20.3. The van der Waals surface area contributed by atoms with Gasteiger partial charge in [-0.25, -0.2) is 9.59 Å². The first-order chi connectivity index (χ1) is 17.4. The van der Waals surface area contributed by atoms with E-state index in [9.17, 15) is 39.0 Å². The Labute approximate surface area is 216 Å². The SMILES string of the molecule is CCN1CCN(C(=O)NC(C(=O)N[C@@H]2C(=O)N3[C@@H]2SC(C)(C)[C@@H]3C(=O)O)c2ccc(O)cc2)C(=O)C1=O. The number of likely N-dealkylation sites (N-methyl/N-ethyl adjacent to an activating group) is 1. The van der Waals surface area contributed by atoms with E-state index in [1.807, 2.05) is 0 Å². The predicted molar refractivity (Wildman–Crippen MR) is 129 cm³/mol. The molecule has 37 heavy (non-hydrogen) atoms. The first-order valence-electron chi connectivity index (χ1n) is 11.6. The van der Waals surface area contributed by atoms with E-state index in [2.05, 4.69) is 10.6 Å². The summed E-state index contributed by atoms with van der Waals surface area (Å²) in [5.41, 5.74) is 0.251. The number of aromatic hydroxyl groups is 1. The Morgan fingerprint density at radius 3 is 2.35 bits per heavy atom. The van der Waals surface area contributed by atoms with Gasteiger partial charge in [-0.3, -0.25) is 24.1 Å². The largest absolute Gasteiger partial charge is 0.508 e. The van der Waals surface area contributed by atoms with Gasteiger partial charge in [-0.05, 0) is 38.5 Å². The van der Waals surface area contributed by atoms with Crippen LogP contribution in [0.1, 0.15) is 32.4 Å². The molecule has 14 heteroatoms. The Bertz CT molecular complexity index is 1170. The number of rotatable bonds is 6. The molecule has 0 aromatic heterocycles. The van der Waals surface area contributed by atoms with Gasteiger partial charge in [-0.2, -0.15) is 0 Å². The number of thioether (sulfide) groups is 1. The number of piperazine rings is 1. The zero-order valence-corrected chi connectivity index (χ0v) is 21.2. The first kappa shape index (κ1) is 26.3. The number of benzene rings is 1. The highest BCUT2D eigenvalue weighted by atomic mass is 32.2. The maximum atomic E-state index is 13.3. The number of fused-ring (bicyclic) bond motifs is 1. The van der Waals surface area contributed by atoms with Crippen LogP contribution in [0.5, 0.6) is 5.75 Å². The normalized spacial score (nSPS) is 25.3. The van der Waals surface area contributed by atoms with Crippen molar-refractivity contribution in [1.82, 2.24) is 25.3 Å². The maximum absolute atomic E-state index is 13.3. The van der Waals surface area contributed by atoms with Crippen LogP contribution < -0.4 is 10.6 Å². The summed E-state index contributed by atoms with van der Waals surface area (Å²) in [6.07, 6.45) is 0.